The van der Waals surface area contributed by atoms with Crippen molar-refractivity contribution in [3.8, 4) is 6.07 Å². The van der Waals surface area contributed by atoms with E-state index in [1.165, 1.54) is 12.1 Å². The largest absolute Gasteiger partial charge is 0.418 e. The van der Waals surface area contributed by atoms with E-state index in [1.54, 1.807) is 0 Å². The van der Waals surface area contributed by atoms with Crippen LogP contribution in [0, 0.1) is 11.3 Å². The highest BCUT2D eigenvalue weighted by Crippen LogP contribution is 2.40. The third kappa shape index (κ3) is 3.59. The van der Waals surface area contributed by atoms with Crippen LogP contribution in [0.2, 0.25) is 0 Å². The maximum Gasteiger partial charge on any atom is 0.418 e. The van der Waals surface area contributed by atoms with Crippen LogP contribution in [0.1, 0.15) is 30.4 Å². The molecule has 1 aromatic rings. The van der Waals surface area contributed by atoms with Gasteiger partial charge < -0.3 is 10.1 Å². The summed E-state index contributed by atoms with van der Waals surface area (Å²) in [7, 11) is 0. The fraction of sp³-hybridized carbons (Fsp3) is 0.562. The summed E-state index contributed by atoms with van der Waals surface area (Å²) in [6.07, 6.45) is -2.13. The second-order valence-corrected chi connectivity index (χ2v) is 7.14. The Morgan fingerprint density at radius 2 is 2.22 bits per heavy atom. The minimum atomic E-state index is -4.44. The number of benzene rings is 1. The molecule has 2 saturated heterocycles. The molecule has 2 heterocycles. The quantitative estimate of drug-likeness (QED) is 0.881. The first-order chi connectivity index (χ1) is 10.9. The Kier molecular flexibility index (Phi) is 4.47. The van der Waals surface area contributed by atoms with E-state index in [9.17, 15) is 13.2 Å². The molecule has 2 aliphatic heterocycles. The second kappa shape index (κ2) is 6.25. The van der Waals surface area contributed by atoms with Gasteiger partial charge in [-0.1, -0.05) is 0 Å². The number of nitriles is 1. The molecule has 1 aromatic carbocycles. The van der Waals surface area contributed by atoms with Gasteiger partial charge in [0.05, 0.1) is 22.8 Å². The number of rotatable bonds is 2. The summed E-state index contributed by atoms with van der Waals surface area (Å²) in [4.78, 5) is 0. The molecule has 2 atom stereocenters. The van der Waals surface area contributed by atoms with E-state index in [1.807, 2.05) is 17.8 Å². The lowest BCUT2D eigenvalue weighted by Crippen LogP contribution is -2.44. The zero-order valence-electron chi connectivity index (χ0n) is 12.4. The van der Waals surface area contributed by atoms with Crippen molar-refractivity contribution < 1.29 is 17.9 Å². The molecule has 3 rings (SSSR count). The summed E-state index contributed by atoms with van der Waals surface area (Å²) in [5.74, 6) is 1.93. The van der Waals surface area contributed by atoms with Crippen LogP contribution in [-0.4, -0.2) is 29.8 Å². The van der Waals surface area contributed by atoms with Gasteiger partial charge >= 0.3 is 6.18 Å². The number of hydrogen-bond acceptors (Lipinski definition) is 4. The molecule has 23 heavy (non-hydrogen) atoms. The molecule has 3 nitrogen and oxygen atoms in total. The molecule has 0 amide bonds. The van der Waals surface area contributed by atoms with Crippen LogP contribution in [0.5, 0.6) is 0 Å². The van der Waals surface area contributed by atoms with Crippen LogP contribution in [0.15, 0.2) is 18.2 Å². The van der Waals surface area contributed by atoms with Gasteiger partial charge in [-0.05, 0) is 43.2 Å². The van der Waals surface area contributed by atoms with Crippen molar-refractivity contribution in [2.24, 2.45) is 0 Å². The molecule has 0 saturated carbocycles. The Labute approximate surface area is 137 Å². The van der Waals surface area contributed by atoms with Gasteiger partial charge in [-0.25, -0.2) is 0 Å². The molecule has 2 aliphatic rings. The maximum absolute atomic E-state index is 13.2. The maximum atomic E-state index is 13.2. The van der Waals surface area contributed by atoms with Gasteiger partial charge in [0.25, 0.3) is 0 Å². The number of nitrogens with one attached hydrogen (secondary N) is 1. The fourth-order valence-corrected chi connectivity index (χ4v) is 4.59. The summed E-state index contributed by atoms with van der Waals surface area (Å²) < 4.78 is 45.4. The van der Waals surface area contributed by atoms with Crippen molar-refractivity contribution in [3.05, 3.63) is 29.3 Å². The number of anilines is 1. The molecule has 2 fully saturated rings. The number of nitrogens with zero attached hydrogens (tertiary/aromatic N) is 1. The SMILES string of the molecule is N#Cc1ccc(C(F)(F)F)c(N[C@H]2CCO[C@]3(CCSC3)C2)c1. The topological polar surface area (TPSA) is 45.0 Å². The van der Waals surface area contributed by atoms with Gasteiger partial charge in [0, 0.05) is 24.1 Å². The standard InChI is InChI=1S/C16H17F3N2OS/c17-16(18,19)13-2-1-11(9-20)7-14(13)21-12-3-5-22-15(8-12)4-6-23-10-15/h1-2,7,12,21H,3-6,8,10H2/t12-,15+/m0/s1. The smallest absolute Gasteiger partial charge is 0.382 e. The lowest BCUT2D eigenvalue weighted by molar-refractivity contribution is -0.137. The van der Waals surface area contributed by atoms with Crippen molar-refractivity contribution in [2.75, 3.05) is 23.4 Å². The van der Waals surface area contributed by atoms with Crippen LogP contribution in [0.4, 0.5) is 18.9 Å². The lowest BCUT2D eigenvalue weighted by atomic mass is 9.89. The predicted octanol–water partition coefficient (Wildman–Crippen LogP) is 4.04. The molecule has 1 N–H and O–H groups in total. The Hall–Kier alpha value is -1.39. The highest BCUT2D eigenvalue weighted by atomic mass is 32.2. The Morgan fingerprint density at radius 1 is 1.39 bits per heavy atom. The minimum absolute atomic E-state index is 0.00995. The molecule has 7 heteroatoms. The van der Waals surface area contributed by atoms with Gasteiger partial charge in [0.1, 0.15) is 0 Å². The average Bonchev–Trinajstić information content (AvgIpc) is 2.93. The second-order valence-electron chi connectivity index (χ2n) is 6.04. The summed E-state index contributed by atoms with van der Waals surface area (Å²) in [5.41, 5.74) is -0.716. The highest BCUT2D eigenvalue weighted by molar-refractivity contribution is 7.99. The zero-order valence-corrected chi connectivity index (χ0v) is 13.3. The summed E-state index contributed by atoms with van der Waals surface area (Å²) in [5, 5.41) is 12.0. The normalized spacial score (nSPS) is 27.8. The number of thioether (sulfide) groups is 1. The summed E-state index contributed by atoms with van der Waals surface area (Å²) in [6.45, 7) is 0.553. The van der Waals surface area contributed by atoms with Crippen molar-refractivity contribution in [3.63, 3.8) is 0 Å². The van der Waals surface area contributed by atoms with Crippen LogP contribution in [-0.2, 0) is 10.9 Å². The number of hydrogen-bond donors (Lipinski definition) is 1. The molecule has 0 unspecified atom stereocenters. The van der Waals surface area contributed by atoms with Gasteiger partial charge in [-0.3, -0.25) is 0 Å². The van der Waals surface area contributed by atoms with E-state index in [0.717, 1.165) is 24.0 Å². The van der Waals surface area contributed by atoms with E-state index < -0.39 is 11.7 Å². The Balaban J connectivity index is 1.82. The van der Waals surface area contributed by atoms with E-state index in [-0.39, 0.29) is 22.9 Å². The van der Waals surface area contributed by atoms with E-state index in [4.69, 9.17) is 10.00 Å². The van der Waals surface area contributed by atoms with E-state index >= 15 is 0 Å². The lowest BCUT2D eigenvalue weighted by Gasteiger charge is -2.38. The molecular weight excluding hydrogens is 325 g/mol. The Bertz CT molecular complexity index is 621. The van der Waals surface area contributed by atoms with Crippen LogP contribution >= 0.6 is 11.8 Å². The third-order valence-electron chi connectivity index (χ3n) is 4.37. The van der Waals surface area contributed by atoms with Crippen molar-refractivity contribution >= 4 is 17.4 Å². The molecular formula is C16H17F3N2OS. The average molecular weight is 342 g/mol. The van der Waals surface area contributed by atoms with Gasteiger partial charge in [0.15, 0.2) is 0 Å². The van der Waals surface area contributed by atoms with Crippen molar-refractivity contribution in [1.82, 2.24) is 0 Å². The fourth-order valence-electron chi connectivity index (χ4n) is 3.21. The zero-order chi connectivity index (χ0) is 16.5. The monoisotopic (exact) mass is 342 g/mol. The van der Waals surface area contributed by atoms with E-state index in [0.29, 0.717) is 19.4 Å². The van der Waals surface area contributed by atoms with Gasteiger partial charge in [-0.15, -0.1) is 0 Å². The number of halogens is 3. The predicted molar refractivity (Wildman–Crippen MR) is 83.4 cm³/mol. The van der Waals surface area contributed by atoms with Gasteiger partial charge in [0.2, 0.25) is 0 Å². The van der Waals surface area contributed by atoms with Crippen LogP contribution in [0.25, 0.3) is 0 Å². The molecule has 0 bridgehead atoms. The minimum Gasteiger partial charge on any atom is -0.382 e. The molecule has 0 radical (unpaired) electrons. The number of ether oxygens (including phenoxy) is 1. The molecule has 0 aromatic heterocycles. The first kappa shape index (κ1) is 16.5. The third-order valence-corrected chi connectivity index (χ3v) is 5.60. The first-order valence-corrected chi connectivity index (χ1v) is 8.67. The number of alkyl halides is 3. The first-order valence-electron chi connectivity index (χ1n) is 7.51. The summed E-state index contributed by atoms with van der Waals surface area (Å²) in [6, 6.07) is 5.29. The van der Waals surface area contributed by atoms with Crippen molar-refractivity contribution in [2.45, 2.75) is 37.1 Å². The van der Waals surface area contributed by atoms with Gasteiger partial charge in [-0.2, -0.15) is 30.2 Å². The molecule has 1 spiro atoms. The Morgan fingerprint density at radius 3 is 2.87 bits per heavy atom. The molecule has 124 valence electrons. The van der Waals surface area contributed by atoms with Crippen LogP contribution in [0.3, 0.4) is 0 Å². The summed E-state index contributed by atoms with van der Waals surface area (Å²) >= 11 is 1.83. The van der Waals surface area contributed by atoms with Crippen LogP contribution < -0.4 is 5.32 Å². The van der Waals surface area contributed by atoms with Crippen molar-refractivity contribution in [1.29, 1.82) is 5.26 Å². The highest BCUT2D eigenvalue weighted by Gasteiger charge is 2.41. The molecule has 0 aliphatic carbocycles. The van der Waals surface area contributed by atoms with E-state index in [2.05, 4.69) is 5.32 Å².